The molecule has 1 unspecified atom stereocenters. The van der Waals surface area contributed by atoms with E-state index in [1.54, 1.807) is 54.9 Å². The van der Waals surface area contributed by atoms with Gasteiger partial charge in [-0.3, -0.25) is 4.79 Å². The number of aliphatic hydroxyl groups is 1. The van der Waals surface area contributed by atoms with E-state index in [9.17, 15) is 27.5 Å². The van der Waals surface area contributed by atoms with Gasteiger partial charge in [-0.05, 0) is 67.4 Å². The monoisotopic (exact) mass is 528 g/mol. The minimum Gasteiger partial charge on any atom is -0.381 e. The Morgan fingerprint density at radius 1 is 1.08 bits per heavy atom. The van der Waals surface area contributed by atoms with Crippen LogP contribution >= 0.6 is 0 Å². The Balaban J connectivity index is 1.63. The predicted molar refractivity (Wildman–Crippen MR) is 138 cm³/mol. The molecular formula is C28H28F4N4O2. The summed E-state index contributed by atoms with van der Waals surface area (Å²) in [5, 5.41) is 18.5. The van der Waals surface area contributed by atoms with Crippen LogP contribution in [0.2, 0.25) is 0 Å². The van der Waals surface area contributed by atoms with Crippen LogP contribution in [0.4, 0.5) is 23.2 Å². The van der Waals surface area contributed by atoms with Gasteiger partial charge in [0.05, 0.1) is 30.5 Å². The van der Waals surface area contributed by atoms with Crippen molar-refractivity contribution in [1.29, 1.82) is 0 Å². The molecule has 1 amide bonds. The van der Waals surface area contributed by atoms with Gasteiger partial charge in [0.1, 0.15) is 5.82 Å². The first-order valence-corrected chi connectivity index (χ1v) is 12.1. The first-order chi connectivity index (χ1) is 18.0. The number of amides is 1. The molecule has 10 heteroatoms. The number of hydrogen-bond donors (Lipinski definition) is 2. The molecule has 4 rings (SSSR count). The molecule has 1 aromatic heterocycles. The number of halogens is 4. The van der Waals surface area contributed by atoms with Gasteiger partial charge >= 0.3 is 6.18 Å². The molecule has 3 aromatic carbocycles. The number of carbonyl (C=O) groups excluding carboxylic acids is 1. The lowest BCUT2D eigenvalue weighted by Gasteiger charge is -2.36. The number of alkyl halides is 3. The summed E-state index contributed by atoms with van der Waals surface area (Å²) in [7, 11) is 0. The zero-order chi connectivity index (χ0) is 27.5. The second-order valence-corrected chi connectivity index (χ2v) is 9.25. The van der Waals surface area contributed by atoms with Crippen LogP contribution in [0.1, 0.15) is 29.3 Å². The average molecular weight is 529 g/mol. The third-order valence-electron chi connectivity index (χ3n) is 6.26. The van der Waals surface area contributed by atoms with Gasteiger partial charge in [0.25, 0.3) is 5.91 Å². The molecule has 200 valence electrons. The summed E-state index contributed by atoms with van der Waals surface area (Å²) in [6, 6.07) is 17.2. The Morgan fingerprint density at radius 2 is 1.76 bits per heavy atom. The van der Waals surface area contributed by atoms with E-state index in [1.807, 2.05) is 6.07 Å². The molecule has 1 atom stereocenters. The smallest absolute Gasteiger partial charge is 0.381 e. The lowest BCUT2D eigenvalue weighted by Crippen LogP contribution is -2.58. The van der Waals surface area contributed by atoms with Crippen molar-refractivity contribution in [2.75, 3.05) is 25.0 Å². The highest BCUT2D eigenvalue weighted by molar-refractivity contribution is 5.94. The van der Waals surface area contributed by atoms with Crippen LogP contribution in [0.25, 0.3) is 16.6 Å². The molecule has 38 heavy (non-hydrogen) atoms. The van der Waals surface area contributed by atoms with Crippen LogP contribution in [0.3, 0.4) is 0 Å². The van der Waals surface area contributed by atoms with Gasteiger partial charge in [-0.15, -0.1) is 0 Å². The van der Waals surface area contributed by atoms with Gasteiger partial charge in [0.15, 0.2) is 5.60 Å². The number of rotatable bonds is 9. The minimum atomic E-state index is -5.02. The maximum atomic E-state index is 14.2. The first-order valence-electron chi connectivity index (χ1n) is 12.1. The highest BCUT2D eigenvalue weighted by Crippen LogP contribution is 2.34. The van der Waals surface area contributed by atoms with Crippen molar-refractivity contribution in [3.8, 4) is 5.69 Å². The van der Waals surface area contributed by atoms with Crippen molar-refractivity contribution in [3.63, 3.8) is 0 Å². The maximum absolute atomic E-state index is 14.2. The highest BCUT2D eigenvalue weighted by Gasteiger charge is 2.55. The second kappa shape index (κ2) is 10.8. The summed E-state index contributed by atoms with van der Waals surface area (Å²) in [5.41, 5.74) is -0.720. The minimum absolute atomic E-state index is 0.0469. The molecule has 0 radical (unpaired) electrons. The number of nitrogens with one attached hydrogen (secondary N) is 1. The van der Waals surface area contributed by atoms with E-state index >= 15 is 0 Å². The van der Waals surface area contributed by atoms with Gasteiger partial charge in [-0.1, -0.05) is 25.1 Å². The highest BCUT2D eigenvalue weighted by atomic mass is 19.4. The molecule has 0 saturated carbocycles. The molecule has 0 bridgehead atoms. The first kappa shape index (κ1) is 27.1. The van der Waals surface area contributed by atoms with Crippen LogP contribution in [0.5, 0.6) is 0 Å². The van der Waals surface area contributed by atoms with Gasteiger partial charge < -0.3 is 15.3 Å². The fourth-order valence-corrected chi connectivity index (χ4v) is 4.29. The topological polar surface area (TPSA) is 70.4 Å². The maximum Gasteiger partial charge on any atom is 0.420 e. The van der Waals surface area contributed by atoms with Crippen molar-refractivity contribution in [2.45, 2.75) is 32.0 Å². The number of benzene rings is 3. The summed E-state index contributed by atoms with van der Waals surface area (Å²) >= 11 is 0. The van der Waals surface area contributed by atoms with E-state index < -0.39 is 36.6 Å². The van der Waals surface area contributed by atoms with Crippen LogP contribution in [0, 0.1) is 12.7 Å². The molecule has 0 fully saturated rings. The van der Waals surface area contributed by atoms with Gasteiger partial charge in [0, 0.05) is 23.2 Å². The third-order valence-corrected chi connectivity index (χ3v) is 6.26. The Hall–Kier alpha value is -3.92. The van der Waals surface area contributed by atoms with Crippen molar-refractivity contribution in [2.24, 2.45) is 0 Å². The third kappa shape index (κ3) is 5.65. The molecule has 2 N–H and O–H groups in total. The van der Waals surface area contributed by atoms with Crippen LogP contribution in [-0.4, -0.2) is 57.1 Å². The van der Waals surface area contributed by atoms with Gasteiger partial charge in [-0.2, -0.15) is 18.3 Å². The van der Waals surface area contributed by atoms with Crippen LogP contribution in [-0.2, 0) is 0 Å². The number of hydrogen-bond acceptors (Lipinski definition) is 4. The Labute approximate surface area is 217 Å². The van der Waals surface area contributed by atoms with E-state index in [4.69, 9.17) is 0 Å². The Morgan fingerprint density at radius 3 is 2.39 bits per heavy atom. The summed E-state index contributed by atoms with van der Waals surface area (Å²) in [6.07, 6.45) is -3.11. The lowest BCUT2D eigenvalue weighted by molar-refractivity contribution is -0.257. The van der Waals surface area contributed by atoms with Crippen molar-refractivity contribution < 1.29 is 27.5 Å². The molecule has 6 nitrogen and oxygen atoms in total. The standard InChI is InChI=1S/C28H28F4N4O2/c1-3-13-35(26(37)20-7-5-4-6-8-20)18-27(38,28(30,31)32)17-33-24-14-19(2)15-25-23(24)16-34-36(25)22-11-9-21(29)10-12-22/h4-12,14-16,33,38H,3,13,17-18H2,1-2H3. The molecule has 0 spiro atoms. The van der Waals surface area contributed by atoms with E-state index in [0.717, 1.165) is 10.5 Å². The van der Waals surface area contributed by atoms with Gasteiger partial charge in [0.2, 0.25) is 0 Å². The quantitative estimate of drug-likeness (QED) is 0.272. The number of carbonyl (C=O) groups is 1. The zero-order valence-corrected chi connectivity index (χ0v) is 21.0. The fourth-order valence-electron chi connectivity index (χ4n) is 4.29. The molecule has 0 aliphatic heterocycles. The molecule has 0 aliphatic rings. The van der Waals surface area contributed by atoms with Crippen molar-refractivity contribution in [1.82, 2.24) is 14.7 Å². The SMILES string of the molecule is CCCN(CC(O)(CNc1cc(C)cc2c1cnn2-c1ccc(F)cc1)C(F)(F)F)C(=O)c1ccccc1. The summed E-state index contributed by atoms with van der Waals surface area (Å²) in [6.45, 7) is 1.75. The second-order valence-electron chi connectivity index (χ2n) is 9.25. The number of fused-ring (bicyclic) bond motifs is 1. The lowest BCUT2D eigenvalue weighted by atomic mass is 10.0. The summed E-state index contributed by atoms with van der Waals surface area (Å²) in [4.78, 5) is 14.0. The summed E-state index contributed by atoms with van der Waals surface area (Å²) < 4.78 is 57.7. The molecule has 1 heterocycles. The van der Waals surface area contributed by atoms with Crippen molar-refractivity contribution >= 4 is 22.5 Å². The zero-order valence-electron chi connectivity index (χ0n) is 21.0. The average Bonchev–Trinajstić information content (AvgIpc) is 3.30. The molecule has 0 aliphatic carbocycles. The molecular weight excluding hydrogens is 500 g/mol. The number of nitrogens with zero attached hydrogens (tertiary/aromatic N) is 3. The largest absolute Gasteiger partial charge is 0.420 e. The van der Waals surface area contributed by atoms with Gasteiger partial charge in [-0.25, -0.2) is 9.07 Å². The van der Waals surface area contributed by atoms with E-state index in [0.29, 0.717) is 28.7 Å². The Kier molecular flexibility index (Phi) is 7.73. The number of anilines is 1. The van der Waals surface area contributed by atoms with E-state index in [-0.39, 0.29) is 12.1 Å². The number of aryl methyl sites for hydroxylation is 1. The van der Waals surface area contributed by atoms with Crippen LogP contribution in [0.15, 0.2) is 72.9 Å². The van der Waals surface area contributed by atoms with Crippen molar-refractivity contribution in [3.05, 3.63) is 89.9 Å². The fraction of sp³-hybridized carbons (Fsp3) is 0.286. The van der Waals surface area contributed by atoms with E-state index in [2.05, 4.69) is 10.4 Å². The Bertz CT molecular complexity index is 1400. The number of aromatic nitrogens is 2. The summed E-state index contributed by atoms with van der Waals surface area (Å²) in [5.74, 6) is -0.994. The van der Waals surface area contributed by atoms with Crippen LogP contribution < -0.4 is 5.32 Å². The molecule has 0 saturated heterocycles. The molecule has 4 aromatic rings. The predicted octanol–water partition coefficient (Wildman–Crippen LogP) is 5.73. The van der Waals surface area contributed by atoms with E-state index in [1.165, 1.54) is 30.5 Å². The normalized spacial score (nSPS) is 13.3.